The number of aromatic nitrogens is 4. The molecule has 3 aromatic heterocycles. The van der Waals surface area contributed by atoms with Crippen LogP contribution in [0.25, 0.3) is 16.9 Å². The lowest BCUT2D eigenvalue weighted by atomic mass is 9.87. The Morgan fingerprint density at radius 1 is 1.19 bits per heavy atom. The van der Waals surface area contributed by atoms with Gasteiger partial charge in [-0.05, 0) is 56.2 Å². The predicted molar refractivity (Wildman–Crippen MR) is 128 cm³/mol. The summed E-state index contributed by atoms with van der Waals surface area (Å²) in [6, 6.07) is 10.7. The van der Waals surface area contributed by atoms with Gasteiger partial charge in [-0.2, -0.15) is 19.1 Å². The molecule has 0 aliphatic carbocycles. The molecule has 8 nitrogen and oxygen atoms in total. The zero-order chi connectivity index (χ0) is 26.0. The first-order valence-corrected chi connectivity index (χ1v) is 11.2. The van der Waals surface area contributed by atoms with Crippen LogP contribution in [0.3, 0.4) is 0 Å². The van der Waals surface area contributed by atoms with Gasteiger partial charge in [0.25, 0.3) is 0 Å². The molecule has 36 heavy (non-hydrogen) atoms. The van der Waals surface area contributed by atoms with Gasteiger partial charge in [0.15, 0.2) is 5.78 Å². The molecule has 1 aromatic carbocycles. The van der Waals surface area contributed by atoms with E-state index < -0.39 is 17.8 Å². The Bertz CT molecular complexity index is 1470. The minimum Gasteiger partial charge on any atom is -0.496 e. The average molecular weight is 494 g/mol. The van der Waals surface area contributed by atoms with Crippen LogP contribution in [0.1, 0.15) is 41.9 Å². The minimum atomic E-state index is -3.13. The van der Waals surface area contributed by atoms with Gasteiger partial charge in [0, 0.05) is 31.4 Å². The van der Waals surface area contributed by atoms with Crippen LogP contribution in [0.15, 0.2) is 48.9 Å². The molecule has 0 radical (unpaired) electrons. The predicted octanol–water partition coefficient (Wildman–Crippen LogP) is 4.96. The number of alkyl halides is 2. The van der Waals surface area contributed by atoms with E-state index >= 15 is 0 Å². The van der Waals surface area contributed by atoms with Crippen LogP contribution < -0.4 is 9.47 Å². The quantitative estimate of drug-likeness (QED) is 0.306. The van der Waals surface area contributed by atoms with Crippen LogP contribution in [0.5, 0.6) is 11.5 Å². The van der Waals surface area contributed by atoms with Crippen molar-refractivity contribution < 1.29 is 23.0 Å². The monoisotopic (exact) mass is 493 g/mol. The van der Waals surface area contributed by atoms with E-state index in [9.17, 15) is 18.8 Å². The molecule has 3 heterocycles. The van der Waals surface area contributed by atoms with E-state index in [1.54, 1.807) is 52.9 Å². The molecule has 0 fully saturated rings. The third kappa shape index (κ3) is 4.91. The van der Waals surface area contributed by atoms with Crippen molar-refractivity contribution in [1.82, 2.24) is 19.2 Å². The number of fused-ring (bicyclic) bond motifs is 1. The summed E-state index contributed by atoms with van der Waals surface area (Å²) in [4.78, 5) is 17.5. The van der Waals surface area contributed by atoms with Gasteiger partial charge in [0.1, 0.15) is 22.7 Å². The number of pyridine rings is 1. The van der Waals surface area contributed by atoms with Gasteiger partial charge in [0.05, 0.1) is 36.2 Å². The molecule has 4 aromatic rings. The molecule has 0 bridgehead atoms. The Morgan fingerprint density at radius 3 is 2.58 bits per heavy atom. The molecule has 0 N–H and O–H groups in total. The first-order chi connectivity index (χ1) is 17.1. The van der Waals surface area contributed by atoms with E-state index in [1.165, 1.54) is 13.2 Å². The number of aryl methyl sites for hydroxylation is 2. The fraction of sp³-hybridized carbons (Fsp3) is 0.308. The number of ketones is 1. The third-order valence-corrected chi connectivity index (χ3v) is 5.97. The molecular weight excluding hydrogens is 468 g/mol. The van der Waals surface area contributed by atoms with Crippen molar-refractivity contribution in [2.75, 3.05) is 7.11 Å². The van der Waals surface area contributed by atoms with E-state index in [2.05, 4.69) is 16.2 Å². The molecule has 0 saturated carbocycles. The highest BCUT2D eigenvalue weighted by atomic mass is 19.3. The summed E-state index contributed by atoms with van der Waals surface area (Å²) >= 11 is 0. The first-order valence-electron chi connectivity index (χ1n) is 11.2. The number of hydrogen-bond donors (Lipinski definition) is 0. The molecule has 0 aliphatic rings. The van der Waals surface area contributed by atoms with Gasteiger partial charge in [-0.25, -0.2) is 4.98 Å². The zero-order valence-electron chi connectivity index (χ0n) is 20.3. The molecule has 0 amide bonds. The molecule has 0 spiro atoms. The number of ether oxygens (including phenoxy) is 2. The van der Waals surface area contributed by atoms with Crippen molar-refractivity contribution in [3.8, 4) is 28.8 Å². The number of nitrogens with zero attached hydrogens (tertiary/aromatic N) is 5. The van der Waals surface area contributed by atoms with E-state index in [0.717, 1.165) is 5.56 Å². The molecule has 186 valence electrons. The maximum atomic E-state index is 13.3. The fourth-order valence-electron chi connectivity index (χ4n) is 3.97. The number of benzene rings is 1. The zero-order valence-corrected chi connectivity index (χ0v) is 20.3. The summed E-state index contributed by atoms with van der Waals surface area (Å²) in [6.07, 6.45) is 5.49. The van der Waals surface area contributed by atoms with Crippen LogP contribution in [-0.2, 0) is 18.9 Å². The highest BCUT2D eigenvalue weighted by Crippen LogP contribution is 2.37. The van der Waals surface area contributed by atoms with Crippen molar-refractivity contribution in [2.24, 2.45) is 7.05 Å². The number of halogens is 2. The number of nitriles is 1. The summed E-state index contributed by atoms with van der Waals surface area (Å²) < 4.78 is 40.3. The van der Waals surface area contributed by atoms with Crippen molar-refractivity contribution >= 4 is 11.4 Å². The van der Waals surface area contributed by atoms with Gasteiger partial charge >= 0.3 is 6.61 Å². The van der Waals surface area contributed by atoms with Crippen molar-refractivity contribution in [2.45, 2.75) is 38.7 Å². The lowest BCUT2D eigenvalue weighted by molar-refractivity contribution is -0.0502. The maximum absolute atomic E-state index is 13.3. The van der Waals surface area contributed by atoms with E-state index in [4.69, 9.17) is 9.47 Å². The van der Waals surface area contributed by atoms with Crippen LogP contribution in [-0.4, -0.2) is 38.7 Å². The van der Waals surface area contributed by atoms with Gasteiger partial charge in [-0.1, -0.05) is 0 Å². The summed E-state index contributed by atoms with van der Waals surface area (Å²) in [5.41, 5.74) is 2.39. The lowest BCUT2D eigenvalue weighted by Crippen LogP contribution is -2.14. The number of imidazole rings is 1. The van der Waals surface area contributed by atoms with Crippen LogP contribution in [0, 0.1) is 11.3 Å². The number of Topliss-reactive ketones (excluding diaryl/α,β-unsaturated/α-hetero) is 1. The van der Waals surface area contributed by atoms with Crippen LogP contribution in [0.4, 0.5) is 8.78 Å². The smallest absolute Gasteiger partial charge is 0.387 e. The highest BCUT2D eigenvalue weighted by molar-refractivity contribution is 6.02. The second-order valence-electron chi connectivity index (χ2n) is 8.86. The molecule has 0 unspecified atom stereocenters. The topological polar surface area (TPSA) is 94.4 Å². The summed E-state index contributed by atoms with van der Waals surface area (Å²) in [6.45, 7) is 0.487. The van der Waals surface area contributed by atoms with E-state index in [1.807, 2.05) is 19.9 Å². The van der Waals surface area contributed by atoms with E-state index in [-0.39, 0.29) is 23.5 Å². The maximum Gasteiger partial charge on any atom is 0.387 e. The molecule has 0 aliphatic heterocycles. The molecular formula is C26H25F2N5O3. The Labute approximate surface area is 206 Å². The highest BCUT2D eigenvalue weighted by Gasteiger charge is 2.25. The Morgan fingerprint density at radius 2 is 1.94 bits per heavy atom. The fourth-order valence-corrected chi connectivity index (χ4v) is 3.97. The van der Waals surface area contributed by atoms with Crippen molar-refractivity contribution in [3.63, 3.8) is 0 Å². The number of methoxy groups -OCH3 is 1. The molecule has 10 heteroatoms. The summed E-state index contributed by atoms with van der Waals surface area (Å²) in [5.74, 6) is -0.560. The third-order valence-electron chi connectivity index (χ3n) is 5.97. The molecule has 4 rings (SSSR count). The van der Waals surface area contributed by atoms with E-state index in [0.29, 0.717) is 29.0 Å². The first kappa shape index (κ1) is 24.9. The van der Waals surface area contributed by atoms with Gasteiger partial charge in [-0.3, -0.25) is 13.9 Å². The van der Waals surface area contributed by atoms with Gasteiger partial charge in [0.2, 0.25) is 0 Å². The standard InChI is InChI=1S/C26H25F2N5O3/c1-26(2,15-29)17-7-10-33-19(14-30-23(33)13-17)16-11-21(35-4)24(22(12-16)36-25(27)28)20(34)6-5-18-8-9-32(3)31-18/h7-14,25H,5-6H2,1-4H3. The number of rotatable bonds is 9. The second-order valence-corrected chi connectivity index (χ2v) is 8.86. The Hall–Kier alpha value is -4.26. The number of hydrogen-bond acceptors (Lipinski definition) is 6. The minimum absolute atomic E-state index is 0.0411. The van der Waals surface area contributed by atoms with Gasteiger partial charge < -0.3 is 9.47 Å². The van der Waals surface area contributed by atoms with Crippen molar-refractivity contribution in [1.29, 1.82) is 5.26 Å². The van der Waals surface area contributed by atoms with Crippen LogP contribution in [0.2, 0.25) is 0 Å². The number of carbonyl (C=O) groups excluding carboxylic acids is 1. The largest absolute Gasteiger partial charge is 0.496 e. The Balaban J connectivity index is 1.75. The second kappa shape index (κ2) is 9.77. The molecule has 0 atom stereocenters. The lowest BCUT2D eigenvalue weighted by Gasteiger charge is -2.17. The molecule has 0 saturated heterocycles. The Kier molecular flexibility index (Phi) is 6.75. The average Bonchev–Trinajstić information content (AvgIpc) is 3.47. The van der Waals surface area contributed by atoms with Gasteiger partial charge in [-0.15, -0.1) is 0 Å². The number of carbonyl (C=O) groups is 1. The van der Waals surface area contributed by atoms with Crippen LogP contribution >= 0.6 is 0 Å². The normalized spacial score (nSPS) is 11.6. The SMILES string of the molecule is COc1cc(-c2cnc3cc(C(C)(C)C#N)ccn23)cc(OC(F)F)c1C(=O)CCc1ccn(C)n1. The summed E-state index contributed by atoms with van der Waals surface area (Å²) in [7, 11) is 3.14. The van der Waals surface area contributed by atoms with Crippen molar-refractivity contribution in [3.05, 3.63) is 65.7 Å². The summed E-state index contributed by atoms with van der Waals surface area (Å²) in [5, 5.41) is 13.7.